The van der Waals surface area contributed by atoms with Crippen LogP contribution in [0, 0.1) is 0 Å². The molecule has 2 unspecified atom stereocenters. The van der Waals surface area contributed by atoms with E-state index in [9.17, 15) is 5.11 Å². The number of pyridine rings is 1. The number of nitrogens with zero attached hydrogens (tertiary/aromatic N) is 1. The van der Waals surface area contributed by atoms with Crippen LogP contribution in [-0.4, -0.2) is 27.1 Å². The second-order valence-corrected chi connectivity index (χ2v) is 5.05. The summed E-state index contributed by atoms with van der Waals surface area (Å²) in [5, 5.41) is 18.4. The molecule has 2 N–H and O–H groups in total. The van der Waals surface area contributed by atoms with Crippen LogP contribution in [-0.2, 0) is 0 Å². The van der Waals surface area contributed by atoms with Gasteiger partial charge in [-0.15, -0.1) is 11.8 Å². The summed E-state index contributed by atoms with van der Waals surface area (Å²) < 4.78 is 0. The number of thioether (sulfide) groups is 1. The number of aromatic nitrogens is 1. The van der Waals surface area contributed by atoms with Crippen molar-refractivity contribution in [3.8, 4) is 0 Å². The van der Waals surface area contributed by atoms with E-state index >= 15 is 0 Å². The van der Waals surface area contributed by atoms with Crippen LogP contribution in [0.2, 0.25) is 0 Å². The number of aliphatic hydroxyl groups excluding tert-OH is 2. The smallest absolute Gasteiger partial charge is 0.0931 e. The molecule has 0 aliphatic rings. The van der Waals surface area contributed by atoms with Crippen LogP contribution in [0.3, 0.4) is 0 Å². The first-order valence-electron chi connectivity index (χ1n) is 5.05. The van der Waals surface area contributed by atoms with Crippen molar-refractivity contribution < 1.29 is 10.2 Å². The van der Waals surface area contributed by atoms with Crippen LogP contribution >= 0.6 is 11.8 Å². The minimum Gasteiger partial charge on any atom is -0.396 e. The fraction of sp³-hybridized carbons (Fsp3) is 0.545. The quantitative estimate of drug-likeness (QED) is 0.755. The van der Waals surface area contributed by atoms with E-state index in [-0.39, 0.29) is 6.61 Å². The van der Waals surface area contributed by atoms with Gasteiger partial charge in [0, 0.05) is 22.9 Å². The summed E-state index contributed by atoms with van der Waals surface area (Å²) in [6.45, 7) is 3.99. The van der Waals surface area contributed by atoms with E-state index in [2.05, 4.69) is 11.9 Å². The average molecular weight is 227 g/mol. The van der Waals surface area contributed by atoms with Crippen molar-refractivity contribution in [1.29, 1.82) is 0 Å². The molecule has 0 bridgehead atoms. The van der Waals surface area contributed by atoms with Crippen molar-refractivity contribution >= 4 is 11.8 Å². The summed E-state index contributed by atoms with van der Waals surface area (Å²) in [6, 6.07) is 3.78. The maximum absolute atomic E-state index is 9.28. The standard InChI is InChI=1S/C11H17NO2S/c1-8(5-6-13)15-10-3-4-11(9(2)14)12-7-10/h3-4,7-9,13-14H,5-6H2,1-2H3. The molecule has 1 heterocycles. The summed E-state index contributed by atoms with van der Waals surface area (Å²) in [5.41, 5.74) is 0.689. The van der Waals surface area contributed by atoms with Crippen molar-refractivity contribution in [2.75, 3.05) is 6.61 Å². The van der Waals surface area contributed by atoms with Gasteiger partial charge in [0.15, 0.2) is 0 Å². The van der Waals surface area contributed by atoms with Gasteiger partial charge in [0.1, 0.15) is 0 Å². The maximum Gasteiger partial charge on any atom is 0.0931 e. The van der Waals surface area contributed by atoms with Crippen molar-refractivity contribution in [2.24, 2.45) is 0 Å². The lowest BCUT2D eigenvalue weighted by Gasteiger charge is -2.09. The van der Waals surface area contributed by atoms with Crippen LogP contribution in [0.25, 0.3) is 0 Å². The second kappa shape index (κ2) is 6.10. The van der Waals surface area contributed by atoms with E-state index in [1.165, 1.54) is 0 Å². The molecule has 0 aliphatic carbocycles. The first kappa shape index (κ1) is 12.5. The van der Waals surface area contributed by atoms with Crippen molar-refractivity contribution in [2.45, 2.75) is 36.5 Å². The highest BCUT2D eigenvalue weighted by atomic mass is 32.2. The Labute approximate surface area is 94.6 Å². The third-order valence-corrected chi connectivity index (χ3v) is 3.21. The Balaban J connectivity index is 2.56. The summed E-state index contributed by atoms with van der Waals surface area (Å²) in [5.74, 6) is 0. The Hall–Kier alpha value is -0.580. The summed E-state index contributed by atoms with van der Waals surface area (Å²) in [4.78, 5) is 5.23. The first-order chi connectivity index (χ1) is 7.13. The zero-order chi connectivity index (χ0) is 11.3. The first-order valence-corrected chi connectivity index (χ1v) is 5.93. The molecule has 4 heteroatoms. The third kappa shape index (κ3) is 4.20. The largest absolute Gasteiger partial charge is 0.396 e. The summed E-state index contributed by atoms with van der Waals surface area (Å²) >= 11 is 1.68. The highest BCUT2D eigenvalue weighted by Gasteiger charge is 2.05. The molecule has 0 saturated heterocycles. The highest BCUT2D eigenvalue weighted by molar-refractivity contribution is 7.99. The van der Waals surface area contributed by atoms with Crippen LogP contribution in [0.1, 0.15) is 32.1 Å². The van der Waals surface area contributed by atoms with Gasteiger partial charge < -0.3 is 10.2 Å². The van der Waals surface area contributed by atoms with Gasteiger partial charge in [-0.05, 0) is 25.5 Å². The van der Waals surface area contributed by atoms with Crippen molar-refractivity contribution in [3.05, 3.63) is 24.0 Å². The molecule has 3 nitrogen and oxygen atoms in total. The lowest BCUT2D eigenvalue weighted by Crippen LogP contribution is -2.00. The lowest BCUT2D eigenvalue weighted by molar-refractivity contribution is 0.194. The fourth-order valence-electron chi connectivity index (χ4n) is 1.18. The molecule has 0 saturated carbocycles. The predicted octanol–water partition coefficient (Wildman–Crippen LogP) is 2.00. The molecule has 15 heavy (non-hydrogen) atoms. The normalized spacial score (nSPS) is 14.9. The number of hydrogen-bond acceptors (Lipinski definition) is 4. The van der Waals surface area contributed by atoms with Crippen molar-refractivity contribution in [3.63, 3.8) is 0 Å². The molecule has 0 amide bonds. The van der Waals surface area contributed by atoms with E-state index in [0.29, 0.717) is 10.9 Å². The lowest BCUT2D eigenvalue weighted by atomic mass is 10.2. The molecule has 0 aliphatic heterocycles. The Kier molecular flexibility index (Phi) is 5.08. The topological polar surface area (TPSA) is 53.4 Å². The van der Waals surface area contributed by atoms with Gasteiger partial charge in [0.05, 0.1) is 11.8 Å². The number of rotatable bonds is 5. The molecule has 1 rings (SSSR count). The fourth-order valence-corrected chi connectivity index (χ4v) is 2.13. The molecule has 1 aromatic rings. The Morgan fingerprint density at radius 1 is 1.40 bits per heavy atom. The molecule has 0 radical (unpaired) electrons. The van der Waals surface area contributed by atoms with Crippen LogP contribution < -0.4 is 0 Å². The molecular weight excluding hydrogens is 210 g/mol. The zero-order valence-electron chi connectivity index (χ0n) is 9.05. The molecule has 0 fully saturated rings. The van der Waals surface area contributed by atoms with Gasteiger partial charge in [-0.2, -0.15) is 0 Å². The van der Waals surface area contributed by atoms with Gasteiger partial charge in [-0.1, -0.05) is 6.92 Å². The Morgan fingerprint density at radius 3 is 2.60 bits per heavy atom. The molecule has 0 spiro atoms. The number of hydrogen-bond donors (Lipinski definition) is 2. The SMILES string of the molecule is CC(CCO)Sc1ccc(C(C)O)nc1. The average Bonchev–Trinajstić information content (AvgIpc) is 2.18. The van der Waals surface area contributed by atoms with E-state index in [1.807, 2.05) is 12.1 Å². The van der Waals surface area contributed by atoms with Gasteiger partial charge in [0.2, 0.25) is 0 Å². The summed E-state index contributed by atoms with van der Waals surface area (Å²) in [6.07, 6.45) is 2.03. The highest BCUT2D eigenvalue weighted by Crippen LogP contribution is 2.24. The predicted molar refractivity (Wildman–Crippen MR) is 61.9 cm³/mol. The minimum absolute atomic E-state index is 0.216. The van der Waals surface area contributed by atoms with E-state index in [0.717, 1.165) is 11.3 Å². The van der Waals surface area contributed by atoms with Crippen molar-refractivity contribution in [1.82, 2.24) is 4.98 Å². The minimum atomic E-state index is -0.515. The van der Waals surface area contributed by atoms with Gasteiger partial charge >= 0.3 is 0 Å². The van der Waals surface area contributed by atoms with Gasteiger partial charge in [-0.25, -0.2) is 0 Å². The van der Waals surface area contributed by atoms with E-state index < -0.39 is 6.10 Å². The van der Waals surface area contributed by atoms with E-state index in [1.54, 1.807) is 24.9 Å². The Morgan fingerprint density at radius 2 is 2.13 bits per heavy atom. The second-order valence-electron chi connectivity index (χ2n) is 3.54. The molecule has 0 aromatic carbocycles. The monoisotopic (exact) mass is 227 g/mol. The molecule has 1 aromatic heterocycles. The maximum atomic E-state index is 9.28. The number of aliphatic hydroxyl groups is 2. The van der Waals surface area contributed by atoms with Gasteiger partial charge in [-0.3, -0.25) is 4.98 Å². The van der Waals surface area contributed by atoms with E-state index in [4.69, 9.17) is 5.11 Å². The summed E-state index contributed by atoms with van der Waals surface area (Å²) in [7, 11) is 0. The third-order valence-electron chi connectivity index (χ3n) is 2.06. The molecule has 84 valence electrons. The van der Waals surface area contributed by atoms with Crippen LogP contribution in [0.15, 0.2) is 23.2 Å². The van der Waals surface area contributed by atoms with Gasteiger partial charge in [0.25, 0.3) is 0 Å². The molecular formula is C11H17NO2S. The Bertz CT molecular complexity index is 287. The molecule has 2 atom stereocenters. The van der Waals surface area contributed by atoms with Crippen LogP contribution in [0.5, 0.6) is 0 Å². The van der Waals surface area contributed by atoms with Crippen LogP contribution in [0.4, 0.5) is 0 Å². The zero-order valence-corrected chi connectivity index (χ0v) is 9.87.